The number of ether oxygens (including phenoxy) is 1. The summed E-state index contributed by atoms with van der Waals surface area (Å²) in [5, 5.41) is 1.46. The molecule has 0 aliphatic rings. The molecule has 2 heteroatoms. The topological polar surface area (TPSA) is 9.23 Å². The second-order valence-electron chi connectivity index (χ2n) is 7.47. The van der Waals surface area contributed by atoms with Gasteiger partial charge in [0.1, 0.15) is 5.75 Å². The third-order valence-corrected chi connectivity index (χ3v) is 4.70. The molecule has 19 heavy (non-hydrogen) atoms. The summed E-state index contributed by atoms with van der Waals surface area (Å²) in [5.41, 5.74) is 2.86. The van der Waals surface area contributed by atoms with Crippen LogP contribution in [0.5, 0.6) is 5.75 Å². The van der Waals surface area contributed by atoms with Crippen LogP contribution in [0.2, 0.25) is 0 Å². The molecular formula is C17H29OP. The van der Waals surface area contributed by atoms with Gasteiger partial charge in [-0.05, 0) is 41.6 Å². The number of methoxy groups -OCH3 is 1. The average Bonchev–Trinajstić information content (AvgIpc) is 2.24. The summed E-state index contributed by atoms with van der Waals surface area (Å²) in [4.78, 5) is 0. The summed E-state index contributed by atoms with van der Waals surface area (Å²) in [7, 11) is 1.70. The lowest BCUT2D eigenvalue weighted by molar-refractivity contribution is 0.382. The van der Waals surface area contributed by atoms with E-state index in [1.807, 2.05) is 0 Å². The van der Waals surface area contributed by atoms with Gasteiger partial charge in [0.15, 0.2) is 0 Å². The minimum absolute atomic E-state index is 0.0953. The van der Waals surface area contributed by atoms with E-state index in [0.717, 1.165) is 5.75 Å². The molecule has 108 valence electrons. The highest BCUT2D eigenvalue weighted by Gasteiger charge is 2.27. The molecule has 0 amide bonds. The Morgan fingerprint density at radius 3 is 1.42 bits per heavy atom. The van der Waals surface area contributed by atoms with Crippen molar-refractivity contribution >= 4 is 13.2 Å². The highest BCUT2D eigenvalue weighted by Crippen LogP contribution is 2.41. The third kappa shape index (κ3) is 3.72. The van der Waals surface area contributed by atoms with Crippen LogP contribution in [0.25, 0.3) is 0 Å². The van der Waals surface area contributed by atoms with Crippen molar-refractivity contribution in [1.29, 1.82) is 0 Å². The number of rotatable bonds is 2. The Bertz CT molecular complexity index is 412. The Labute approximate surface area is 120 Å². The van der Waals surface area contributed by atoms with Gasteiger partial charge in [0.05, 0.1) is 7.11 Å². The van der Waals surface area contributed by atoms with Crippen LogP contribution in [0, 0.1) is 0 Å². The first-order chi connectivity index (χ1) is 8.48. The lowest BCUT2D eigenvalue weighted by Gasteiger charge is -2.30. The van der Waals surface area contributed by atoms with Crippen LogP contribution in [0.1, 0.15) is 52.7 Å². The fraction of sp³-hybridized carbons (Fsp3) is 0.647. The molecule has 1 rings (SSSR count). The number of benzene rings is 1. The Morgan fingerprint density at radius 2 is 1.21 bits per heavy atom. The Balaban J connectivity index is 3.67. The Hall–Kier alpha value is -0.550. The van der Waals surface area contributed by atoms with Gasteiger partial charge in [0.25, 0.3) is 0 Å². The van der Waals surface area contributed by atoms with Crippen LogP contribution in [-0.2, 0) is 10.8 Å². The molecule has 0 fully saturated rings. The molecule has 0 heterocycles. The molecule has 0 aliphatic heterocycles. The third-order valence-electron chi connectivity index (χ3n) is 3.41. The minimum atomic E-state index is -0.0953. The van der Waals surface area contributed by atoms with E-state index >= 15 is 0 Å². The Kier molecular flexibility index (Phi) is 4.73. The molecule has 0 atom stereocenters. The first-order valence-corrected chi connectivity index (χ1v) is 9.12. The standard InChI is InChI=1S/C17H29OP/c1-16(2,3)13-10-12(19(8)9)11-14(15(13)18-7)17(4,5)6/h10-11H,1-9H3. The highest BCUT2D eigenvalue weighted by molar-refractivity contribution is 7.64. The quantitative estimate of drug-likeness (QED) is 0.716. The first-order valence-electron chi connectivity index (χ1n) is 6.89. The van der Waals surface area contributed by atoms with Gasteiger partial charge in [-0.25, -0.2) is 0 Å². The fourth-order valence-electron chi connectivity index (χ4n) is 2.21. The van der Waals surface area contributed by atoms with Crippen molar-refractivity contribution in [2.75, 3.05) is 20.4 Å². The molecule has 0 saturated carbocycles. The van der Waals surface area contributed by atoms with Gasteiger partial charge in [0.2, 0.25) is 0 Å². The van der Waals surface area contributed by atoms with Gasteiger partial charge < -0.3 is 4.74 Å². The molecule has 0 saturated heterocycles. The van der Waals surface area contributed by atoms with Gasteiger partial charge in [-0.1, -0.05) is 49.5 Å². The van der Waals surface area contributed by atoms with E-state index < -0.39 is 0 Å². The zero-order valence-electron chi connectivity index (χ0n) is 14.0. The highest BCUT2D eigenvalue weighted by atomic mass is 31.1. The van der Waals surface area contributed by atoms with Crippen LogP contribution in [0.3, 0.4) is 0 Å². The van der Waals surface area contributed by atoms with E-state index in [1.54, 1.807) is 7.11 Å². The summed E-state index contributed by atoms with van der Waals surface area (Å²) in [6.07, 6.45) is 0. The number of hydrogen-bond acceptors (Lipinski definition) is 1. The normalized spacial score (nSPS) is 12.9. The van der Waals surface area contributed by atoms with E-state index in [9.17, 15) is 0 Å². The summed E-state index contributed by atoms with van der Waals surface area (Å²) in [6, 6.07) is 4.69. The Morgan fingerprint density at radius 1 is 0.842 bits per heavy atom. The van der Waals surface area contributed by atoms with Crippen LogP contribution in [0.4, 0.5) is 0 Å². The second kappa shape index (κ2) is 5.44. The van der Waals surface area contributed by atoms with Crippen molar-refractivity contribution < 1.29 is 4.74 Å². The van der Waals surface area contributed by atoms with Crippen molar-refractivity contribution in [3.8, 4) is 5.75 Å². The maximum atomic E-state index is 5.77. The van der Waals surface area contributed by atoms with Gasteiger partial charge in [0, 0.05) is 11.1 Å². The molecule has 1 aromatic carbocycles. The van der Waals surface area contributed by atoms with Crippen molar-refractivity contribution in [2.45, 2.75) is 52.4 Å². The van der Waals surface area contributed by atoms with Crippen molar-refractivity contribution in [2.24, 2.45) is 0 Å². The van der Waals surface area contributed by atoms with Gasteiger partial charge >= 0.3 is 0 Å². The van der Waals surface area contributed by atoms with Crippen LogP contribution in [-0.4, -0.2) is 20.4 Å². The lowest BCUT2D eigenvalue weighted by atomic mass is 9.79. The molecule has 0 unspecified atom stereocenters. The van der Waals surface area contributed by atoms with Crippen LogP contribution in [0.15, 0.2) is 12.1 Å². The zero-order valence-corrected chi connectivity index (χ0v) is 14.9. The fourth-order valence-corrected chi connectivity index (χ4v) is 2.98. The van der Waals surface area contributed by atoms with Crippen LogP contribution >= 0.6 is 7.92 Å². The molecule has 0 spiro atoms. The maximum Gasteiger partial charge on any atom is 0.126 e. The molecule has 1 nitrogen and oxygen atoms in total. The predicted octanol–water partition coefficient (Wildman–Crippen LogP) is 4.66. The van der Waals surface area contributed by atoms with E-state index in [-0.39, 0.29) is 18.8 Å². The predicted molar refractivity (Wildman–Crippen MR) is 88.8 cm³/mol. The molecular weight excluding hydrogens is 251 g/mol. The molecule has 0 N–H and O–H groups in total. The number of hydrogen-bond donors (Lipinski definition) is 0. The summed E-state index contributed by atoms with van der Waals surface area (Å²) < 4.78 is 5.77. The molecule has 0 radical (unpaired) electrons. The monoisotopic (exact) mass is 280 g/mol. The minimum Gasteiger partial charge on any atom is -0.496 e. The van der Waals surface area contributed by atoms with Gasteiger partial charge in [-0.3, -0.25) is 0 Å². The van der Waals surface area contributed by atoms with E-state index in [2.05, 4.69) is 67.0 Å². The van der Waals surface area contributed by atoms with Gasteiger partial charge in [-0.2, -0.15) is 0 Å². The molecule has 1 aromatic rings. The average molecular weight is 280 g/mol. The van der Waals surface area contributed by atoms with Crippen LogP contribution < -0.4 is 10.0 Å². The van der Waals surface area contributed by atoms with Crippen molar-refractivity contribution in [3.05, 3.63) is 23.3 Å². The molecule has 0 bridgehead atoms. The summed E-state index contributed by atoms with van der Waals surface area (Å²) in [5.74, 6) is 1.07. The van der Waals surface area contributed by atoms with E-state index in [4.69, 9.17) is 4.74 Å². The molecule has 0 aliphatic carbocycles. The second-order valence-corrected chi connectivity index (χ2v) is 9.77. The SMILES string of the molecule is COc1c(C(C)(C)C)cc(P(C)C)cc1C(C)(C)C. The first kappa shape index (κ1) is 16.5. The maximum absolute atomic E-state index is 5.77. The largest absolute Gasteiger partial charge is 0.496 e. The smallest absolute Gasteiger partial charge is 0.126 e. The van der Waals surface area contributed by atoms with Crippen molar-refractivity contribution in [1.82, 2.24) is 0 Å². The summed E-state index contributed by atoms with van der Waals surface area (Å²) >= 11 is 0. The van der Waals surface area contributed by atoms with Crippen molar-refractivity contribution in [3.63, 3.8) is 0 Å². The van der Waals surface area contributed by atoms with Gasteiger partial charge in [-0.15, -0.1) is 0 Å². The van der Waals surface area contributed by atoms with E-state index in [1.165, 1.54) is 16.4 Å². The molecule has 0 aromatic heterocycles. The lowest BCUT2D eigenvalue weighted by Crippen LogP contribution is -2.22. The summed E-state index contributed by atoms with van der Waals surface area (Å²) in [6.45, 7) is 18.2. The zero-order chi connectivity index (χ0) is 15.0. The van der Waals surface area contributed by atoms with E-state index in [0.29, 0.717) is 0 Å².